The van der Waals surface area contributed by atoms with Crippen molar-refractivity contribution in [1.29, 1.82) is 0 Å². The lowest BCUT2D eigenvalue weighted by atomic mass is 9.70. The number of hydrogen-bond donors (Lipinski definition) is 2. The normalized spacial score (nSPS) is 28.2. The van der Waals surface area contributed by atoms with Crippen LogP contribution in [0.5, 0.6) is 0 Å². The van der Waals surface area contributed by atoms with Crippen molar-refractivity contribution in [3.63, 3.8) is 0 Å². The summed E-state index contributed by atoms with van der Waals surface area (Å²) >= 11 is 3.76. The summed E-state index contributed by atoms with van der Waals surface area (Å²) in [5.41, 5.74) is -0.535. The van der Waals surface area contributed by atoms with Crippen LogP contribution in [0.3, 0.4) is 0 Å². The molecule has 2 N–H and O–H groups in total. The maximum atomic E-state index is 14.7. The molecule has 8 atom stereocenters. The molecule has 13 heteroatoms. The number of aliphatic hydroxyl groups excluding tert-OH is 1. The highest BCUT2D eigenvalue weighted by Crippen LogP contribution is 2.60. The van der Waals surface area contributed by atoms with Crippen molar-refractivity contribution in [2.45, 2.75) is 80.2 Å². The van der Waals surface area contributed by atoms with Gasteiger partial charge >= 0.3 is 5.97 Å². The van der Waals surface area contributed by atoms with Crippen LogP contribution in [0.1, 0.15) is 57.1 Å². The second-order valence-electron chi connectivity index (χ2n) is 14.0. The van der Waals surface area contributed by atoms with Crippen LogP contribution in [0.25, 0.3) is 0 Å². The van der Waals surface area contributed by atoms with Gasteiger partial charge in [0.05, 0.1) is 37.2 Å². The lowest BCUT2D eigenvalue weighted by Crippen LogP contribution is -2.57. The van der Waals surface area contributed by atoms with Crippen molar-refractivity contribution in [2.24, 2.45) is 11.8 Å². The first-order chi connectivity index (χ1) is 24.7. The van der Waals surface area contributed by atoms with Crippen LogP contribution in [-0.4, -0.2) is 131 Å². The van der Waals surface area contributed by atoms with Crippen molar-refractivity contribution in [1.82, 2.24) is 20.0 Å². The number of aliphatic hydroxyl groups is 1. The highest BCUT2D eigenvalue weighted by Gasteiger charge is 2.77. The fourth-order valence-electron chi connectivity index (χ4n) is 8.14. The number of rotatable bonds is 19. The molecular weight excluding hydrogens is 720 g/mol. The molecule has 1 spiro atoms. The second kappa shape index (κ2) is 18.1. The number of fused-ring (bicyclic) bond motifs is 1. The Morgan fingerprint density at radius 1 is 1.14 bits per heavy atom. The summed E-state index contributed by atoms with van der Waals surface area (Å²) < 4.78 is 18.5. The SMILES string of the molecule is C=CCCC(=O)N[C@H](C)[C@@H](OC(=O)[C@@H]1[C@H]2O[C@@]3(CC2Br)[C@H](C(=O)N(CC=C)CCN2CCOCC2)N(CCCCCO)C(=O)[C@@H]13)c1ccccc1. The molecule has 2 bridgehead atoms. The Labute approximate surface area is 309 Å². The predicted molar refractivity (Wildman–Crippen MR) is 195 cm³/mol. The summed E-state index contributed by atoms with van der Waals surface area (Å²) in [7, 11) is 0. The van der Waals surface area contributed by atoms with Gasteiger partial charge in [0, 0.05) is 57.1 Å². The minimum atomic E-state index is -1.24. The Bertz CT molecular complexity index is 1390. The molecule has 0 radical (unpaired) electrons. The zero-order chi connectivity index (χ0) is 36.5. The fraction of sp³-hybridized carbons (Fsp3) is 0.632. The van der Waals surface area contributed by atoms with Crippen molar-refractivity contribution in [3.8, 4) is 0 Å². The molecule has 51 heavy (non-hydrogen) atoms. The van der Waals surface area contributed by atoms with Gasteiger partial charge in [-0.3, -0.25) is 24.1 Å². The quantitative estimate of drug-likeness (QED) is 0.0942. The van der Waals surface area contributed by atoms with E-state index in [1.54, 1.807) is 28.9 Å². The zero-order valence-corrected chi connectivity index (χ0v) is 31.2. The van der Waals surface area contributed by atoms with Gasteiger partial charge in [0.1, 0.15) is 17.7 Å². The van der Waals surface area contributed by atoms with E-state index in [1.807, 2.05) is 30.3 Å². The number of unbranched alkanes of at least 4 members (excludes halogenated alkanes) is 2. The number of nitrogens with one attached hydrogen (secondary N) is 1. The summed E-state index contributed by atoms with van der Waals surface area (Å²) in [6.07, 6.45) is 4.84. The fourth-order valence-corrected chi connectivity index (χ4v) is 9.08. The first-order valence-corrected chi connectivity index (χ1v) is 19.2. The number of halogens is 1. The Hall–Kier alpha value is -3.10. The number of likely N-dealkylation sites (tertiary alicyclic amines) is 1. The monoisotopic (exact) mass is 772 g/mol. The zero-order valence-electron chi connectivity index (χ0n) is 29.6. The minimum Gasteiger partial charge on any atom is -0.455 e. The molecule has 4 aliphatic rings. The molecule has 12 nitrogen and oxygen atoms in total. The number of morpholine rings is 1. The summed E-state index contributed by atoms with van der Waals surface area (Å²) in [6.45, 7) is 14.0. The van der Waals surface area contributed by atoms with Gasteiger partial charge in [-0.2, -0.15) is 0 Å². The number of carbonyl (C=O) groups is 4. The number of hydrogen-bond acceptors (Lipinski definition) is 9. The van der Waals surface area contributed by atoms with Gasteiger partial charge in [-0.05, 0) is 44.6 Å². The number of esters is 1. The van der Waals surface area contributed by atoms with E-state index in [0.29, 0.717) is 77.1 Å². The average Bonchev–Trinajstić information content (AvgIpc) is 3.73. The number of nitrogens with zero attached hydrogens (tertiary/aromatic N) is 3. The van der Waals surface area contributed by atoms with Gasteiger partial charge in [-0.1, -0.05) is 58.4 Å². The van der Waals surface area contributed by atoms with Gasteiger partial charge in [0.25, 0.3) is 0 Å². The number of ether oxygens (including phenoxy) is 3. The van der Waals surface area contributed by atoms with Crippen LogP contribution < -0.4 is 5.32 Å². The van der Waals surface area contributed by atoms with Crippen molar-refractivity contribution in [2.75, 3.05) is 59.1 Å². The van der Waals surface area contributed by atoms with Crippen LogP contribution in [0.4, 0.5) is 0 Å². The van der Waals surface area contributed by atoms with E-state index in [0.717, 1.165) is 13.1 Å². The third-order valence-electron chi connectivity index (χ3n) is 10.6. The number of alkyl halides is 1. The third kappa shape index (κ3) is 8.59. The van der Waals surface area contributed by atoms with E-state index in [1.165, 1.54) is 0 Å². The van der Waals surface area contributed by atoms with Crippen LogP contribution in [-0.2, 0) is 33.4 Å². The highest BCUT2D eigenvalue weighted by atomic mass is 79.9. The molecule has 1 unspecified atom stereocenters. The van der Waals surface area contributed by atoms with Crippen molar-refractivity contribution in [3.05, 3.63) is 61.2 Å². The van der Waals surface area contributed by atoms with E-state index >= 15 is 0 Å². The number of benzene rings is 1. The molecule has 1 aromatic carbocycles. The molecule has 0 saturated carbocycles. The number of amides is 3. The lowest BCUT2D eigenvalue weighted by Gasteiger charge is -2.38. The van der Waals surface area contributed by atoms with E-state index in [9.17, 15) is 24.3 Å². The summed E-state index contributed by atoms with van der Waals surface area (Å²) in [5.74, 6) is -3.21. The maximum absolute atomic E-state index is 14.7. The Morgan fingerprint density at radius 3 is 2.57 bits per heavy atom. The van der Waals surface area contributed by atoms with Crippen molar-refractivity contribution < 1.29 is 38.5 Å². The smallest absolute Gasteiger partial charge is 0.313 e. The molecular formula is C38H53BrN4O8. The Morgan fingerprint density at radius 2 is 1.88 bits per heavy atom. The molecule has 5 rings (SSSR count). The summed E-state index contributed by atoms with van der Waals surface area (Å²) in [5, 5.41) is 12.4. The van der Waals surface area contributed by atoms with Gasteiger partial charge in [-0.15, -0.1) is 13.2 Å². The summed E-state index contributed by atoms with van der Waals surface area (Å²) in [4.78, 5) is 61.8. The average molecular weight is 774 g/mol. The topological polar surface area (TPSA) is 138 Å². The molecule has 280 valence electrons. The molecule has 4 saturated heterocycles. The standard InChI is InChI=1S/C38H53BrN4O8/c1-4-6-15-29(45)40-26(3)32(27-13-9-7-10-14-27)50-37(48)30-31-35(46)43(17-11-8-12-22-44)34(38(31)25-28(39)33(30)51-38)36(47)42(16-5-2)19-18-41-20-23-49-24-21-41/h4-5,7,9-10,13-14,26,28,30-34,44H,1-2,6,8,11-12,15-25H2,3H3,(H,40,45)/t26-,28?,30+,31-,32-,33+,34+,38-/m1/s1. The lowest BCUT2D eigenvalue weighted by molar-refractivity contribution is -0.162. The molecule has 1 aromatic rings. The molecule has 0 aliphatic carbocycles. The van der Waals surface area contributed by atoms with Crippen LogP contribution >= 0.6 is 15.9 Å². The van der Waals surface area contributed by atoms with Gasteiger partial charge in [-0.25, -0.2) is 0 Å². The Kier molecular flexibility index (Phi) is 13.9. The molecule has 0 aromatic heterocycles. The van der Waals surface area contributed by atoms with E-state index < -0.39 is 47.7 Å². The van der Waals surface area contributed by atoms with Gasteiger partial charge in [0.15, 0.2) is 0 Å². The highest BCUT2D eigenvalue weighted by molar-refractivity contribution is 9.09. The molecule has 4 fully saturated rings. The van der Waals surface area contributed by atoms with Crippen LogP contribution in [0.2, 0.25) is 0 Å². The summed E-state index contributed by atoms with van der Waals surface area (Å²) in [6, 6.07) is 7.70. The number of carbonyl (C=O) groups excluding carboxylic acids is 4. The van der Waals surface area contributed by atoms with Crippen molar-refractivity contribution >= 4 is 39.6 Å². The van der Waals surface area contributed by atoms with Gasteiger partial charge in [0.2, 0.25) is 17.7 Å². The van der Waals surface area contributed by atoms with E-state index in [-0.39, 0.29) is 35.6 Å². The number of allylic oxidation sites excluding steroid dienone is 1. The van der Waals surface area contributed by atoms with Gasteiger partial charge < -0.3 is 34.4 Å². The molecule has 4 heterocycles. The predicted octanol–water partition coefficient (Wildman–Crippen LogP) is 3.00. The molecule has 4 aliphatic heterocycles. The first kappa shape index (κ1) is 39.1. The van der Waals surface area contributed by atoms with E-state index in [2.05, 4.69) is 39.3 Å². The first-order valence-electron chi connectivity index (χ1n) is 18.3. The Balaban J connectivity index is 1.43. The largest absolute Gasteiger partial charge is 0.455 e. The van der Waals surface area contributed by atoms with Crippen LogP contribution in [0.15, 0.2) is 55.6 Å². The second-order valence-corrected chi connectivity index (χ2v) is 15.1. The maximum Gasteiger partial charge on any atom is 0.313 e. The molecule has 3 amide bonds. The third-order valence-corrected chi connectivity index (χ3v) is 11.4. The van der Waals surface area contributed by atoms with E-state index in [4.69, 9.17) is 14.2 Å². The minimum absolute atomic E-state index is 0.0389. The van der Waals surface area contributed by atoms with Crippen LogP contribution in [0, 0.1) is 11.8 Å².